The molecule has 0 atom stereocenters. The van der Waals surface area contributed by atoms with Gasteiger partial charge in [0.1, 0.15) is 0 Å². The molecule has 0 aliphatic heterocycles. The Hall–Kier alpha value is -0.890. The fourth-order valence-electron chi connectivity index (χ4n) is 0.719. The fourth-order valence-corrected chi connectivity index (χ4v) is 4.52. The highest BCUT2D eigenvalue weighted by molar-refractivity contribution is 7.80. The Morgan fingerprint density at radius 2 is 1.78 bits per heavy atom. The van der Waals surface area contributed by atoms with Crippen molar-refractivity contribution in [2.24, 2.45) is 0 Å². The maximum absolute atomic E-state index is 11.0. The Labute approximate surface area is 161 Å². The summed E-state index contributed by atoms with van der Waals surface area (Å²) in [5, 5.41) is 7.34. The van der Waals surface area contributed by atoms with E-state index in [0.717, 1.165) is 16.7 Å². The van der Waals surface area contributed by atoms with Crippen molar-refractivity contribution in [3.05, 3.63) is 38.0 Å². The molecule has 0 fully saturated rings. The van der Waals surface area contributed by atoms with E-state index in [1.807, 2.05) is 0 Å². The van der Waals surface area contributed by atoms with Crippen molar-refractivity contribution >= 4 is 93.7 Å². The molecule has 0 spiro atoms. The standard InChI is InChI=1S/C5H4N2OS3.C3H3ClO.C2H2N2S3/c1-2-3(8)7-4(6)10-11-5(7)9;1-2-3(4)5;3-1-4-2(5)7-6-1/h2,6H,1H2;2H,1H2;(H2,3,4,5). The zero-order chi connectivity index (χ0) is 18.0. The van der Waals surface area contributed by atoms with Gasteiger partial charge in [-0.05, 0) is 89.6 Å². The molecule has 0 bridgehead atoms. The predicted octanol–water partition coefficient (Wildman–Crippen LogP) is 4.10. The van der Waals surface area contributed by atoms with E-state index in [9.17, 15) is 9.59 Å². The second kappa shape index (κ2) is 11.6. The summed E-state index contributed by atoms with van der Waals surface area (Å²) in [5.74, 6) is -0.336. The summed E-state index contributed by atoms with van der Waals surface area (Å²) < 4.78 is 2.19. The number of carbonyl (C=O) groups excluding carboxylic acids is 2. The number of aromatic nitrogens is 2. The van der Waals surface area contributed by atoms with Crippen molar-refractivity contribution in [2.45, 2.75) is 0 Å². The molecule has 0 unspecified atom stereocenters. The summed E-state index contributed by atoms with van der Waals surface area (Å²) >= 11 is 14.2. The second-order valence-corrected chi connectivity index (χ2v) is 8.91. The van der Waals surface area contributed by atoms with E-state index in [-0.39, 0.29) is 10.7 Å². The van der Waals surface area contributed by atoms with Crippen molar-refractivity contribution in [3.8, 4) is 0 Å². The van der Waals surface area contributed by atoms with Crippen molar-refractivity contribution in [2.75, 3.05) is 5.73 Å². The third-order valence-corrected chi connectivity index (χ3v) is 6.86. The molecule has 0 saturated heterocycles. The van der Waals surface area contributed by atoms with E-state index < -0.39 is 5.24 Å². The van der Waals surface area contributed by atoms with Crippen LogP contribution in [0.5, 0.6) is 0 Å². The molecule has 2 rings (SSSR count). The monoisotopic (exact) mass is 444 g/mol. The molecule has 0 aromatic carbocycles. The highest BCUT2D eigenvalue weighted by atomic mass is 35.5. The summed E-state index contributed by atoms with van der Waals surface area (Å²) in [6.07, 6.45) is 2.19. The lowest BCUT2D eigenvalue weighted by atomic mass is 10.6. The number of nitrogens with two attached hydrogens (primary N) is 1. The number of nitrogen functional groups attached to an aromatic ring is 1. The largest absolute Gasteiger partial charge is 0.374 e. The van der Waals surface area contributed by atoms with Gasteiger partial charge in [0.2, 0.25) is 10.0 Å². The summed E-state index contributed by atoms with van der Waals surface area (Å²) in [4.78, 5) is 24.3. The lowest BCUT2D eigenvalue weighted by molar-refractivity contribution is -0.107. The number of carbonyl (C=O) groups is 2. The molecule has 0 saturated carbocycles. The van der Waals surface area contributed by atoms with Crippen LogP contribution in [0, 0.1) is 13.3 Å². The summed E-state index contributed by atoms with van der Waals surface area (Å²) in [7, 11) is 5.24. The SMILES string of the molecule is C=CC(=O)Cl.C=CC(=O)n1c(=N)ssc1=S.Nc1nc(=S)ss1. The van der Waals surface area contributed by atoms with Crippen LogP contribution in [-0.4, -0.2) is 20.7 Å². The van der Waals surface area contributed by atoms with Gasteiger partial charge in [-0.2, -0.15) is 4.98 Å². The Morgan fingerprint density at radius 3 is 2.00 bits per heavy atom. The third-order valence-electron chi connectivity index (χ3n) is 1.53. The molecule has 2 heterocycles. The van der Waals surface area contributed by atoms with Crippen LogP contribution >= 0.6 is 77.4 Å². The van der Waals surface area contributed by atoms with Gasteiger partial charge in [0.05, 0.1) is 0 Å². The number of hydrogen-bond acceptors (Lipinski definition) is 11. The maximum Gasteiger partial charge on any atom is 0.258 e. The second-order valence-electron chi connectivity index (χ2n) is 3.01. The first-order chi connectivity index (χ1) is 10.7. The first-order valence-electron chi connectivity index (χ1n) is 5.21. The zero-order valence-corrected chi connectivity index (χ0v) is 16.8. The number of anilines is 1. The Kier molecular flexibility index (Phi) is 11.2. The molecule has 0 radical (unpaired) electrons. The van der Waals surface area contributed by atoms with Crippen LogP contribution in [0.25, 0.3) is 0 Å². The first-order valence-corrected chi connectivity index (χ1v) is 10.7. The minimum Gasteiger partial charge on any atom is -0.374 e. The van der Waals surface area contributed by atoms with Crippen LogP contribution in [0.15, 0.2) is 25.3 Å². The first kappa shape index (κ1) is 22.1. The number of nitrogens with one attached hydrogen (secondary N) is 1. The molecule has 124 valence electrons. The average Bonchev–Trinajstić information content (AvgIpc) is 3.04. The Balaban J connectivity index is 0.000000347. The van der Waals surface area contributed by atoms with Gasteiger partial charge in [0.25, 0.3) is 5.91 Å². The summed E-state index contributed by atoms with van der Waals surface area (Å²) in [6.45, 7) is 6.39. The molecule has 6 nitrogen and oxygen atoms in total. The van der Waals surface area contributed by atoms with Crippen LogP contribution < -0.4 is 10.5 Å². The van der Waals surface area contributed by atoms with Gasteiger partial charge in [0.15, 0.2) is 13.0 Å². The number of halogens is 1. The van der Waals surface area contributed by atoms with Gasteiger partial charge in [-0.3, -0.25) is 15.0 Å². The molecule has 13 heteroatoms. The van der Waals surface area contributed by atoms with Gasteiger partial charge in [0, 0.05) is 0 Å². The van der Waals surface area contributed by atoms with E-state index in [4.69, 9.17) is 35.0 Å². The zero-order valence-electron chi connectivity index (χ0n) is 11.2. The molecular weight excluding hydrogens is 436 g/mol. The Bertz CT molecular complexity index is 830. The van der Waals surface area contributed by atoms with E-state index in [2.05, 4.69) is 30.4 Å². The molecule has 0 amide bonds. The van der Waals surface area contributed by atoms with Crippen LogP contribution in [0.3, 0.4) is 0 Å². The van der Waals surface area contributed by atoms with Gasteiger partial charge in [-0.25, -0.2) is 4.57 Å². The van der Waals surface area contributed by atoms with Gasteiger partial charge in [-0.1, -0.05) is 13.2 Å². The molecule has 2 aromatic heterocycles. The van der Waals surface area contributed by atoms with Crippen LogP contribution in [0.2, 0.25) is 0 Å². The predicted molar refractivity (Wildman–Crippen MR) is 104 cm³/mol. The number of allylic oxidation sites excluding steroid dienone is 2. The van der Waals surface area contributed by atoms with Gasteiger partial charge >= 0.3 is 0 Å². The fraction of sp³-hybridized carbons (Fsp3) is 0. The van der Waals surface area contributed by atoms with E-state index in [1.54, 1.807) is 0 Å². The van der Waals surface area contributed by atoms with Gasteiger partial charge in [-0.15, -0.1) is 0 Å². The number of hydrogen-bond donors (Lipinski definition) is 2. The Morgan fingerprint density at radius 1 is 1.22 bits per heavy atom. The molecule has 3 N–H and O–H groups in total. The van der Waals surface area contributed by atoms with Crippen LogP contribution in [0.4, 0.5) is 5.13 Å². The molecule has 0 aliphatic rings. The van der Waals surface area contributed by atoms with Crippen LogP contribution in [0.1, 0.15) is 4.79 Å². The number of rotatable bonds is 2. The van der Waals surface area contributed by atoms with E-state index >= 15 is 0 Å². The quantitative estimate of drug-likeness (QED) is 0.313. The van der Waals surface area contributed by atoms with Crippen molar-refractivity contribution in [1.82, 2.24) is 9.55 Å². The van der Waals surface area contributed by atoms with Crippen molar-refractivity contribution in [3.63, 3.8) is 0 Å². The summed E-state index contributed by atoms with van der Waals surface area (Å²) in [6, 6.07) is 0. The molecule has 0 aliphatic carbocycles. The van der Waals surface area contributed by atoms with E-state index in [0.29, 0.717) is 13.0 Å². The number of nitrogens with zero attached hydrogens (tertiary/aromatic N) is 2. The molecular formula is C10H9ClN4O2S6. The maximum atomic E-state index is 11.0. The molecule has 23 heavy (non-hydrogen) atoms. The lowest BCUT2D eigenvalue weighted by Gasteiger charge is -1.90. The molecule has 2 aromatic rings. The summed E-state index contributed by atoms with van der Waals surface area (Å²) in [5.41, 5.74) is 5.23. The van der Waals surface area contributed by atoms with E-state index in [1.165, 1.54) is 41.4 Å². The van der Waals surface area contributed by atoms with Gasteiger partial charge < -0.3 is 5.73 Å². The topological polar surface area (TPSA) is 102 Å². The van der Waals surface area contributed by atoms with Crippen molar-refractivity contribution in [1.29, 1.82) is 5.41 Å². The van der Waals surface area contributed by atoms with Crippen molar-refractivity contribution < 1.29 is 9.59 Å². The lowest BCUT2D eigenvalue weighted by Crippen LogP contribution is -2.19. The minimum absolute atomic E-state index is 0.157. The third kappa shape index (κ3) is 9.10. The highest BCUT2D eigenvalue weighted by Crippen LogP contribution is 2.14. The van der Waals surface area contributed by atoms with Crippen LogP contribution in [-0.2, 0) is 4.79 Å². The smallest absolute Gasteiger partial charge is 0.258 e. The highest BCUT2D eigenvalue weighted by Gasteiger charge is 2.03. The normalized spacial score (nSPS) is 8.74. The minimum atomic E-state index is -0.509. The average molecular weight is 445 g/mol.